The number of pyridine rings is 1. The summed E-state index contributed by atoms with van der Waals surface area (Å²) in [6, 6.07) is 19.1. The van der Waals surface area contributed by atoms with Crippen molar-refractivity contribution in [1.29, 1.82) is 0 Å². The highest BCUT2D eigenvalue weighted by Gasteiger charge is 2.02. The summed E-state index contributed by atoms with van der Waals surface area (Å²) >= 11 is 0. The van der Waals surface area contributed by atoms with Crippen molar-refractivity contribution in [1.82, 2.24) is 4.98 Å². The van der Waals surface area contributed by atoms with Gasteiger partial charge in [0.1, 0.15) is 0 Å². The monoisotopic (exact) mass is 233 g/mol. The van der Waals surface area contributed by atoms with Crippen LogP contribution in [-0.2, 0) is 6.42 Å². The number of aromatic nitrogens is 1. The Kier molecular flexibility index (Phi) is 2.81. The molecule has 1 heterocycles. The first-order valence-electron chi connectivity index (χ1n) is 6.21. The van der Waals surface area contributed by atoms with Crippen LogP contribution in [0.15, 0.2) is 60.8 Å². The Morgan fingerprint density at radius 3 is 2.50 bits per heavy atom. The van der Waals surface area contributed by atoms with E-state index in [1.807, 2.05) is 6.20 Å². The standard InChI is InChI=1S/C17H15N/c1-13-6-8-14(9-7-13)12-17-16-5-3-2-4-15(16)10-11-18-17/h2-11H,12H2,1H3. The van der Waals surface area contributed by atoms with Gasteiger partial charge in [-0.2, -0.15) is 0 Å². The molecule has 0 saturated heterocycles. The minimum Gasteiger partial charge on any atom is -0.260 e. The molecule has 3 rings (SSSR count). The molecule has 18 heavy (non-hydrogen) atoms. The molecule has 3 aromatic rings. The van der Waals surface area contributed by atoms with Crippen LogP contribution in [0.25, 0.3) is 10.8 Å². The first-order chi connectivity index (χ1) is 8.83. The number of fused-ring (bicyclic) bond motifs is 1. The van der Waals surface area contributed by atoms with Crippen molar-refractivity contribution in [2.75, 3.05) is 0 Å². The fourth-order valence-electron chi connectivity index (χ4n) is 2.22. The lowest BCUT2D eigenvalue weighted by atomic mass is 10.0. The van der Waals surface area contributed by atoms with Crippen molar-refractivity contribution in [3.8, 4) is 0 Å². The van der Waals surface area contributed by atoms with Crippen molar-refractivity contribution in [3.05, 3.63) is 77.6 Å². The minimum atomic E-state index is 0.891. The molecule has 0 aliphatic carbocycles. The topological polar surface area (TPSA) is 12.9 Å². The Morgan fingerprint density at radius 1 is 0.889 bits per heavy atom. The first-order valence-corrected chi connectivity index (χ1v) is 6.21. The average Bonchev–Trinajstić information content (AvgIpc) is 2.42. The number of benzene rings is 2. The van der Waals surface area contributed by atoms with Crippen molar-refractivity contribution in [2.45, 2.75) is 13.3 Å². The van der Waals surface area contributed by atoms with Crippen LogP contribution in [0, 0.1) is 6.92 Å². The van der Waals surface area contributed by atoms with Crippen LogP contribution in [0.3, 0.4) is 0 Å². The fourth-order valence-corrected chi connectivity index (χ4v) is 2.22. The third-order valence-corrected chi connectivity index (χ3v) is 3.25. The molecule has 1 nitrogen and oxygen atoms in total. The summed E-state index contributed by atoms with van der Waals surface area (Å²) in [5.74, 6) is 0. The zero-order valence-electron chi connectivity index (χ0n) is 10.4. The van der Waals surface area contributed by atoms with Gasteiger partial charge in [0.05, 0.1) is 5.69 Å². The van der Waals surface area contributed by atoms with Gasteiger partial charge in [0.25, 0.3) is 0 Å². The molecule has 2 aromatic carbocycles. The van der Waals surface area contributed by atoms with Crippen LogP contribution in [0.2, 0.25) is 0 Å². The van der Waals surface area contributed by atoms with E-state index in [0.717, 1.165) is 12.1 Å². The van der Waals surface area contributed by atoms with Crippen molar-refractivity contribution in [3.63, 3.8) is 0 Å². The van der Waals surface area contributed by atoms with Gasteiger partial charge in [-0.05, 0) is 23.9 Å². The summed E-state index contributed by atoms with van der Waals surface area (Å²) in [7, 11) is 0. The molecule has 0 aliphatic heterocycles. The van der Waals surface area contributed by atoms with Crippen molar-refractivity contribution >= 4 is 10.8 Å². The SMILES string of the molecule is Cc1ccc(Cc2nccc3ccccc23)cc1. The van der Waals surface area contributed by atoms with Gasteiger partial charge in [-0.1, -0.05) is 54.1 Å². The van der Waals surface area contributed by atoms with Gasteiger partial charge in [-0.15, -0.1) is 0 Å². The largest absolute Gasteiger partial charge is 0.260 e. The fraction of sp³-hybridized carbons (Fsp3) is 0.118. The summed E-state index contributed by atoms with van der Waals surface area (Å²) in [5.41, 5.74) is 3.76. The number of aryl methyl sites for hydroxylation is 1. The van der Waals surface area contributed by atoms with E-state index in [0.29, 0.717) is 0 Å². The molecule has 0 amide bonds. The van der Waals surface area contributed by atoms with E-state index in [2.05, 4.69) is 66.5 Å². The highest BCUT2D eigenvalue weighted by molar-refractivity contribution is 5.84. The molecule has 88 valence electrons. The number of rotatable bonds is 2. The highest BCUT2D eigenvalue weighted by Crippen LogP contribution is 2.19. The van der Waals surface area contributed by atoms with Gasteiger partial charge < -0.3 is 0 Å². The molecular weight excluding hydrogens is 218 g/mol. The predicted molar refractivity (Wildman–Crippen MR) is 75.7 cm³/mol. The smallest absolute Gasteiger partial charge is 0.0525 e. The molecule has 0 aliphatic rings. The van der Waals surface area contributed by atoms with Crippen LogP contribution in [0.5, 0.6) is 0 Å². The van der Waals surface area contributed by atoms with Crippen molar-refractivity contribution in [2.24, 2.45) is 0 Å². The lowest BCUT2D eigenvalue weighted by Gasteiger charge is -2.06. The van der Waals surface area contributed by atoms with E-state index in [1.54, 1.807) is 0 Å². The third kappa shape index (κ3) is 2.12. The van der Waals surface area contributed by atoms with Crippen LogP contribution in [-0.4, -0.2) is 4.98 Å². The predicted octanol–water partition coefficient (Wildman–Crippen LogP) is 4.13. The van der Waals surface area contributed by atoms with Crippen LogP contribution in [0.4, 0.5) is 0 Å². The zero-order valence-corrected chi connectivity index (χ0v) is 10.4. The maximum atomic E-state index is 4.52. The number of hydrogen-bond acceptors (Lipinski definition) is 1. The molecule has 0 fully saturated rings. The second kappa shape index (κ2) is 4.61. The van der Waals surface area contributed by atoms with Gasteiger partial charge in [0, 0.05) is 18.0 Å². The van der Waals surface area contributed by atoms with E-state index in [4.69, 9.17) is 0 Å². The normalized spacial score (nSPS) is 10.7. The van der Waals surface area contributed by atoms with E-state index in [-0.39, 0.29) is 0 Å². The van der Waals surface area contributed by atoms with Crippen molar-refractivity contribution < 1.29 is 0 Å². The lowest BCUT2D eigenvalue weighted by molar-refractivity contribution is 1.10. The molecule has 0 radical (unpaired) electrons. The molecule has 0 atom stereocenters. The van der Waals surface area contributed by atoms with E-state index < -0.39 is 0 Å². The summed E-state index contributed by atoms with van der Waals surface area (Å²) in [4.78, 5) is 4.52. The third-order valence-electron chi connectivity index (χ3n) is 3.25. The Balaban J connectivity index is 2.02. The Labute approximate surface area is 107 Å². The number of hydrogen-bond donors (Lipinski definition) is 0. The number of nitrogens with zero attached hydrogens (tertiary/aromatic N) is 1. The molecule has 1 heteroatoms. The quantitative estimate of drug-likeness (QED) is 0.648. The lowest BCUT2D eigenvalue weighted by Crippen LogP contribution is -1.93. The van der Waals surface area contributed by atoms with E-state index in [1.165, 1.54) is 21.9 Å². The Bertz CT molecular complexity index is 663. The van der Waals surface area contributed by atoms with Gasteiger partial charge in [0.2, 0.25) is 0 Å². The molecular formula is C17H15N. The van der Waals surface area contributed by atoms with E-state index >= 15 is 0 Å². The van der Waals surface area contributed by atoms with E-state index in [9.17, 15) is 0 Å². The minimum absolute atomic E-state index is 0.891. The molecule has 1 aromatic heterocycles. The average molecular weight is 233 g/mol. The van der Waals surface area contributed by atoms with Gasteiger partial charge in [0.15, 0.2) is 0 Å². The molecule has 0 spiro atoms. The summed E-state index contributed by atoms with van der Waals surface area (Å²) in [6.45, 7) is 2.11. The van der Waals surface area contributed by atoms with Crippen LogP contribution < -0.4 is 0 Å². The van der Waals surface area contributed by atoms with Crippen LogP contribution in [0.1, 0.15) is 16.8 Å². The second-order valence-corrected chi connectivity index (χ2v) is 4.64. The first kappa shape index (κ1) is 11.0. The molecule has 0 bridgehead atoms. The summed E-state index contributed by atoms with van der Waals surface area (Å²) in [6.07, 6.45) is 2.79. The Hall–Kier alpha value is -2.15. The summed E-state index contributed by atoms with van der Waals surface area (Å²) in [5, 5.41) is 2.51. The summed E-state index contributed by atoms with van der Waals surface area (Å²) < 4.78 is 0. The Morgan fingerprint density at radius 2 is 1.67 bits per heavy atom. The second-order valence-electron chi connectivity index (χ2n) is 4.64. The van der Waals surface area contributed by atoms with Crippen LogP contribution >= 0.6 is 0 Å². The molecule has 0 saturated carbocycles. The maximum absolute atomic E-state index is 4.52. The highest BCUT2D eigenvalue weighted by atomic mass is 14.7. The zero-order chi connectivity index (χ0) is 12.4. The van der Waals surface area contributed by atoms with Gasteiger partial charge in [-0.25, -0.2) is 0 Å². The molecule has 0 N–H and O–H groups in total. The van der Waals surface area contributed by atoms with Gasteiger partial charge in [-0.3, -0.25) is 4.98 Å². The van der Waals surface area contributed by atoms with Gasteiger partial charge >= 0.3 is 0 Å². The molecule has 0 unspecified atom stereocenters. The maximum Gasteiger partial charge on any atom is 0.0525 e.